The van der Waals surface area contributed by atoms with Gasteiger partial charge in [0.15, 0.2) is 5.78 Å². The Hall–Kier alpha value is -1.58. The van der Waals surface area contributed by atoms with Gasteiger partial charge in [-0.05, 0) is 16.2 Å². The smallest absolute Gasteiger partial charge is 0.186 e. The Morgan fingerprint density at radius 1 is 0.955 bits per heavy atom. The number of carbonyl (C=O) groups excluding carboxylic acids is 1. The first-order valence-corrected chi connectivity index (χ1v) is 11.9. The number of rotatable bonds is 6. The predicted molar refractivity (Wildman–Crippen MR) is 99.9 cm³/mol. The van der Waals surface area contributed by atoms with Crippen LogP contribution >= 0.6 is 11.8 Å². The molecule has 0 bridgehead atoms. The molecule has 0 aliphatic rings. The van der Waals surface area contributed by atoms with E-state index in [9.17, 15) is 4.79 Å². The van der Waals surface area contributed by atoms with Crippen LogP contribution in [0.4, 0.5) is 0 Å². The molecule has 1 nitrogen and oxygen atoms in total. The number of thioether (sulfide) groups is 1. The molecule has 0 heterocycles. The van der Waals surface area contributed by atoms with Crippen molar-refractivity contribution in [2.24, 2.45) is 0 Å². The van der Waals surface area contributed by atoms with E-state index < -0.39 is 8.07 Å². The van der Waals surface area contributed by atoms with Crippen molar-refractivity contribution in [1.29, 1.82) is 0 Å². The molecule has 2 aromatic rings. The van der Waals surface area contributed by atoms with Gasteiger partial charge in [-0.2, -0.15) is 0 Å². The molecule has 2 aromatic carbocycles. The molecule has 0 aliphatic carbocycles. The molecule has 0 atom stereocenters. The van der Waals surface area contributed by atoms with E-state index in [1.165, 1.54) is 10.1 Å². The molecule has 114 valence electrons. The van der Waals surface area contributed by atoms with Gasteiger partial charge in [-0.1, -0.05) is 80.3 Å². The summed E-state index contributed by atoms with van der Waals surface area (Å²) in [5.74, 6) is 1.03. The van der Waals surface area contributed by atoms with Crippen molar-refractivity contribution in [1.82, 2.24) is 0 Å². The van der Waals surface area contributed by atoms with Gasteiger partial charge < -0.3 is 0 Å². The molecule has 0 amide bonds. The SMILES string of the molecule is C[Si](C)(C)/C(=C\C(=O)c1ccccc1)SCc1ccccc1. The number of carbonyl (C=O) groups is 1. The van der Waals surface area contributed by atoms with Crippen LogP contribution in [-0.2, 0) is 5.75 Å². The Morgan fingerprint density at radius 2 is 1.50 bits per heavy atom. The summed E-state index contributed by atoms with van der Waals surface area (Å²) in [4.78, 5) is 12.4. The number of ketones is 1. The standard InChI is InChI=1S/C19H22OSSi/c1-22(2,3)19(21-15-16-10-6-4-7-11-16)14-18(20)17-12-8-5-9-13-17/h4-14H,15H2,1-3H3/b19-14-. The Bertz CT molecular complexity index is 642. The molecule has 0 fully saturated rings. The van der Waals surface area contributed by atoms with Gasteiger partial charge in [0, 0.05) is 11.3 Å². The first-order valence-electron chi connectivity index (χ1n) is 7.45. The van der Waals surface area contributed by atoms with Gasteiger partial charge in [-0.3, -0.25) is 4.79 Å². The van der Waals surface area contributed by atoms with E-state index >= 15 is 0 Å². The van der Waals surface area contributed by atoms with E-state index in [0.717, 1.165) is 11.3 Å². The molecular formula is C19H22OSSi. The zero-order valence-electron chi connectivity index (χ0n) is 13.4. The molecule has 0 unspecified atom stereocenters. The predicted octanol–water partition coefficient (Wildman–Crippen LogP) is 5.56. The summed E-state index contributed by atoms with van der Waals surface area (Å²) in [5, 5.41) is 0. The second-order valence-corrected chi connectivity index (χ2v) is 12.7. The Kier molecular flexibility index (Phi) is 5.81. The number of hydrogen-bond donors (Lipinski definition) is 0. The van der Waals surface area contributed by atoms with Crippen molar-refractivity contribution in [2.75, 3.05) is 0 Å². The second kappa shape index (κ2) is 7.61. The maximum Gasteiger partial charge on any atom is 0.186 e. The van der Waals surface area contributed by atoms with Crippen molar-refractivity contribution < 1.29 is 4.79 Å². The first-order chi connectivity index (χ1) is 10.5. The van der Waals surface area contributed by atoms with E-state index in [-0.39, 0.29) is 5.78 Å². The van der Waals surface area contributed by atoms with E-state index in [1.54, 1.807) is 11.8 Å². The summed E-state index contributed by atoms with van der Waals surface area (Å²) < 4.78 is 1.25. The number of hydrogen-bond acceptors (Lipinski definition) is 2. The molecular weight excluding hydrogens is 304 g/mol. The maximum atomic E-state index is 12.4. The third-order valence-corrected chi connectivity index (χ3v) is 8.10. The van der Waals surface area contributed by atoms with Gasteiger partial charge in [0.2, 0.25) is 0 Å². The molecule has 3 heteroatoms. The summed E-state index contributed by atoms with van der Waals surface area (Å²) in [6, 6.07) is 19.9. The number of allylic oxidation sites excluding steroid dienone is 1. The van der Waals surface area contributed by atoms with Crippen LogP contribution < -0.4 is 0 Å². The normalized spacial score (nSPS) is 12.2. The lowest BCUT2D eigenvalue weighted by Gasteiger charge is -2.20. The minimum absolute atomic E-state index is 0.110. The number of benzene rings is 2. The van der Waals surface area contributed by atoms with Crippen molar-refractivity contribution in [3.8, 4) is 0 Å². The van der Waals surface area contributed by atoms with Gasteiger partial charge in [0.25, 0.3) is 0 Å². The highest BCUT2D eigenvalue weighted by Crippen LogP contribution is 2.30. The van der Waals surface area contributed by atoms with E-state index in [2.05, 4.69) is 43.9 Å². The Labute approximate surface area is 138 Å². The van der Waals surface area contributed by atoms with Crippen LogP contribution in [0.25, 0.3) is 0 Å². The molecule has 0 saturated heterocycles. The van der Waals surface area contributed by atoms with Crippen LogP contribution in [-0.4, -0.2) is 13.9 Å². The van der Waals surface area contributed by atoms with E-state index in [0.29, 0.717) is 0 Å². The average Bonchev–Trinajstić information content (AvgIpc) is 2.52. The highest BCUT2D eigenvalue weighted by molar-refractivity contribution is 8.04. The van der Waals surface area contributed by atoms with Crippen molar-refractivity contribution in [3.63, 3.8) is 0 Å². The molecule has 0 aliphatic heterocycles. The highest BCUT2D eigenvalue weighted by Gasteiger charge is 2.21. The van der Waals surface area contributed by atoms with Gasteiger partial charge in [0.1, 0.15) is 0 Å². The monoisotopic (exact) mass is 326 g/mol. The average molecular weight is 327 g/mol. The minimum Gasteiger partial charge on any atom is -0.289 e. The quantitative estimate of drug-likeness (QED) is 0.392. The molecule has 0 saturated carbocycles. The minimum atomic E-state index is -1.53. The third kappa shape index (κ3) is 5.00. The van der Waals surface area contributed by atoms with Gasteiger partial charge in [-0.15, -0.1) is 11.8 Å². The second-order valence-electron chi connectivity index (χ2n) is 6.26. The molecule has 0 radical (unpaired) electrons. The molecule has 2 rings (SSSR count). The van der Waals surface area contributed by atoms with Crippen LogP contribution in [0.3, 0.4) is 0 Å². The largest absolute Gasteiger partial charge is 0.289 e. The van der Waals surface area contributed by atoms with Crippen LogP contribution in [0.15, 0.2) is 71.3 Å². The summed E-state index contributed by atoms with van der Waals surface area (Å²) >= 11 is 1.81. The fourth-order valence-electron chi connectivity index (χ4n) is 2.01. The zero-order chi connectivity index (χ0) is 16.0. The highest BCUT2D eigenvalue weighted by atomic mass is 32.2. The van der Waals surface area contributed by atoms with E-state index in [4.69, 9.17) is 0 Å². The van der Waals surface area contributed by atoms with Crippen LogP contribution in [0, 0.1) is 0 Å². The summed E-state index contributed by atoms with van der Waals surface area (Å²) in [6.45, 7) is 6.86. The van der Waals surface area contributed by atoms with E-state index in [1.807, 2.05) is 42.5 Å². The van der Waals surface area contributed by atoms with Crippen LogP contribution in [0.1, 0.15) is 15.9 Å². The van der Waals surface area contributed by atoms with Gasteiger partial charge in [0.05, 0.1) is 8.07 Å². The van der Waals surface area contributed by atoms with Crippen molar-refractivity contribution in [3.05, 3.63) is 82.4 Å². The molecule has 0 N–H and O–H groups in total. The summed E-state index contributed by atoms with van der Waals surface area (Å²) in [5.41, 5.74) is 2.06. The maximum absolute atomic E-state index is 12.4. The Balaban J connectivity index is 2.16. The topological polar surface area (TPSA) is 17.1 Å². The Morgan fingerprint density at radius 3 is 2.05 bits per heavy atom. The molecule has 22 heavy (non-hydrogen) atoms. The lowest BCUT2D eigenvalue weighted by molar-refractivity contribution is 0.104. The fraction of sp³-hybridized carbons (Fsp3) is 0.211. The van der Waals surface area contributed by atoms with Crippen LogP contribution in [0.5, 0.6) is 0 Å². The van der Waals surface area contributed by atoms with Crippen molar-refractivity contribution in [2.45, 2.75) is 25.4 Å². The zero-order valence-corrected chi connectivity index (χ0v) is 15.2. The first kappa shape index (κ1) is 16.8. The van der Waals surface area contributed by atoms with Gasteiger partial charge in [-0.25, -0.2) is 0 Å². The third-order valence-electron chi connectivity index (χ3n) is 3.30. The molecule has 0 aromatic heterocycles. The van der Waals surface area contributed by atoms with Gasteiger partial charge >= 0.3 is 0 Å². The fourth-order valence-corrected chi connectivity index (χ4v) is 5.23. The lowest BCUT2D eigenvalue weighted by atomic mass is 10.1. The van der Waals surface area contributed by atoms with Crippen molar-refractivity contribution >= 4 is 25.6 Å². The van der Waals surface area contributed by atoms with Crippen LogP contribution in [0.2, 0.25) is 19.6 Å². The lowest BCUT2D eigenvalue weighted by Crippen LogP contribution is -2.23. The summed E-state index contributed by atoms with van der Waals surface area (Å²) in [6.07, 6.45) is 1.86. The summed E-state index contributed by atoms with van der Waals surface area (Å²) in [7, 11) is -1.53. The molecule has 0 spiro atoms.